The minimum Gasteiger partial charge on any atom is -0.257 e. The molecule has 0 aromatic carbocycles. The van der Waals surface area contributed by atoms with Crippen molar-refractivity contribution in [1.29, 1.82) is 0 Å². The third-order valence-electron chi connectivity index (χ3n) is 0.792. The Bertz CT molecular complexity index is 231. The van der Waals surface area contributed by atoms with Crippen LogP contribution in [-0.2, 0) is 14.3 Å². The molecule has 0 heterocycles. The van der Waals surface area contributed by atoms with Gasteiger partial charge in [-0.3, -0.25) is 4.18 Å². The molecule has 0 bridgehead atoms. The molecule has 0 spiro atoms. The van der Waals surface area contributed by atoms with Gasteiger partial charge in [0, 0.05) is 0 Å². The molecule has 0 aliphatic carbocycles. The maximum absolute atomic E-state index is 11.5. The predicted molar refractivity (Wildman–Crippen MR) is 31.5 cm³/mol. The Morgan fingerprint density at radius 1 is 1.42 bits per heavy atom. The molecule has 1 atom stereocenters. The summed E-state index contributed by atoms with van der Waals surface area (Å²) >= 11 is 0. The van der Waals surface area contributed by atoms with Crippen LogP contribution in [0.4, 0.5) is 17.6 Å². The van der Waals surface area contributed by atoms with Crippen LogP contribution in [0, 0.1) is 0 Å². The van der Waals surface area contributed by atoms with E-state index in [0.29, 0.717) is 0 Å². The fraction of sp³-hybridized carbons (Fsp3) is 1.00. The molecule has 12 heavy (non-hydrogen) atoms. The summed E-state index contributed by atoms with van der Waals surface area (Å²) in [4.78, 5) is 0. The molecule has 0 aliphatic rings. The molecule has 0 aliphatic heterocycles. The Labute approximate surface area is 66.4 Å². The van der Waals surface area contributed by atoms with Gasteiger partial charge in [0.2, 0.25) is 0 Å². The molecular weight excluding hydrogens is 204 g/mol. The Morgan fingerprint density at radius 2 is 1.83 bits per heavy atom. The maximum atomic E-state index is 11.5. The molecule has 0 radical (unpaired) electrons. The zero-order valence-electron chi connectivity index (χ0n) is 5.93. The van der Waals surface area contributed by atoms with Crippen LogP contribution in [0.1, 0.15) is 6.92 Å². The molecule has 1 unspecified atom stereocenters. The minimum absolute atomic E-state index is 0.878. The van der Waals surface area contributed by atoms with Crippen LogP contribution in [0.2, 0.25) is 0 Å². The predicted octanol–water partition coefficient (Wildman–Crippen LogP) is 1.21. The van der Waals surface area contributed by atoms with E-state index in [4.69, 9.17) is 0 Å². The number of halogens is 4. The second-order valence-corrected chi connectivity index (χ2v) is 3.52. The van der Waals surface area contributed by atoms with Crippen LogP contribution in [0.25, 0.3) is 0 Å². The molecule has 0 aromatic rings. The highest BCUT2D eigenvalue weighted by molar-refractivity contribution is 7.87. The lowest BCUT2D eigenvalue weighted by atomic mass is 10.5. The summed E-state index contributed by atoms with van der Waals surface area (Å²) in [6.07, 6.45) is -1.61. The fourth-order valence-corrected chi connectivity index (χ4v) is 0.890. The van der Waals surface area contributed by atoms with Crippen molar-refractivity contribution in [3.63, 3.8) is 0 Å². The van der Waals surface area contributed by atoms with Gasteiger partial charge in [-0.25, -0.2) is 4.39 Å². The highest BCUT2D eigenvalue weighted by Gasteiger charge is 2.48. The number of hydrogen-bond donors (Lipinski definition) is 0. The fourth-order valence-electron chi connectivity index (χ4n) is 0.297. The SMILES string of the molecule is CC(CF)OS(=O)(=O)C(F)(F)F. The zero-order chi connectivity index (χ0) is 9.99. The van der Waals surface area contributed by atoms with Crippen LogP contribution in [0.15, 0.2) is 0 Å². The van der Waals surface area contributed by atoms with Crippen molar-refractivity contribution in [2.24, 2.45) is 0 Å². The van der Waals surface area contributed by atoms with Gasteiger partial charge in [0.25, 0.3) is 0 Å². The second kappa shape index (κ2) is 3.56. The van der Waals surface area contributed by atoms with Crippen molar-refractivity contribution in [2.75, 3.05) is 6.67 Å². The number of rotatable bonds is 3. The molecular formula is C4H6F4O3S. The van der Waals surface area contributed by atoms with Crippen LogP contribution in [0.5, 0.6) is 0 Å². The maximum Gasteiger partial charge on any atom is 0.523 e. The smallest absolute Gasteiger partial charge is 0.257 e. The largest absolute Gasteiger partial charge is 0.523 e. The van der Waals surface area contributed by atoms with Gasteiger partial charge in [0.1, 0.15) is 12.8 Å². The first-order valence-electron chi connectivity index (χ1n) is 2.76. The van der Waals surface area contributed by atoms with E-state index in [-0.39, 0.29) is 0 Å². The van der Waals surface area contributed by atoms with E-state index in [1.807, 2.05) is 0 Å². The second-order valence-electron chi connectivity index (χ2n) is 1.96. The van der Waals surface area contributed by atoms with Gasteiger partial charge in [-0.05, 0) is 6.92 Å². The van der Waals surface area contributed by atoms with Crippen molar-refractivity contribution in [3.05, 3.63) is 0 Å². The van der Waals surface area contributed by atoms with Gasteiger partial charge in [0.05, 0.1) is 0 Å². The average Bonchev–Trinajstić information content (AvgIpc) is 1.84. The lowest BCUT2D eigenvalue weighted by Crippen LogP contribution is -2.29. The van der Waals surface area contributed by atoms with Gasteiger partial charge < -0.3 is 0 Å². The van der Waals surface area contributed by atoms with Gasteiger partial charge in [0.15, 0.2) is 0 Å². The van der Waals surface area contributed by atoms with Crippen molar-refractivity contribution in [1.82, 2.24) is 0 Å². The Hall–Kier alpha value is -0.370. The molecule has 0 N–H and O–H groups in total. The van der Waals surface area contributed by atoms with Crippen molar-refractivity contribution in [2.45, 2.75) is 18.5 Å². The lowest BCUT2D eigenvalue weighted by molar-refractivity contribution is -0.0573. The molecule has 74 valence electrons. The summed E-state index contributed by atoms with van der Waals surface area (Å²) in [6.45, 7) is -0.418. The minimum atomic E-state index is -5.65. The Kier molecular flexibility index (Phi) is 3.45. The monoisotopic (exact) mass is 210 g/mol. The summed E-state index contributed by atoms with van der Waals surface area (Å²) in [5.74, 6) is 0. The molecule has 8 heteroatoms. The van der Waals surface area contributed by atoms with Gasteiger partial charge in [-0.15, -0.1) is 0 Å². The highest BCUT2D eigenvalue weighted by Crippen LogP contribution is 2.25. The summed E-state index contributed by atoms with van der Waals surface area (Å²) in [5.41, 5.74) is -5.49. The van der Waals surface area contributed by atoms with E-state index in [1.165, 1.54) is 0 Å². The number of alkyl halides is 4. The van der Waals surface area contributed by atoms with E-state index in [2.05, 4.69) is 4.18 Å². The quantitative estimate of drug-likeness (QED) is 0.399. The normalized spacial score (nSPS) is 16.1. The third-order valence-corrected chi connectivity index (χ3v) is 1.94. The van der Waals surface area contributed by atoms with Crippen LogP contribution in [-0.4, -0.2) is 26.7 Å². The van der Waals surface area contributed by atoms with Crippen molar-refractivity contribution in [3.8, 4) is 0 Å². The summed E-state index contributed by atoms with van der Waals surface area (Å²) in [7, 11) is -5.65. The standard InChI is InChI=1S/C4H6F4O3S/c1-3(2-5)11-12(9,10)4(6,7)8/h3H,2H2,1H3. The van der Waals surface area contributed by atoms with Gasteiger partial charge in [-0.1, -0.05) is 0 Å². The Morgan fingerprint density at radius 3 is 2.08 bits per heavy atom. The average molecular weight is 210 g/mol. The van der Waals surface area contributed by atoms with Crippen LogP contribution in [0.3, 0.4) is 0 Å². The van der Waals surface area contributed by atoms with Gasteiger partial charge in [-0.2, -0.15) is 21.6 Å². The van der Waals surface area contributed by atoms with Gasteiger partial charge >= 0.3 is 15.6 Å². The summed E-state index contributed by atoms with van der Waals surface area (Å²) in [5, 5.41) is 0. The van der Waals surface area contributed by atoms with E-state index in [0.717, 1.165) is 6.92 Å². The molecule has 0 fully saturated rings. The van der Waals surface area contributed by atoms with Crippen molar-refractivity contribution >= 4 is 10.1 Å². The highest BCUT2D eigenvalue weighted by atomic mass is 32.2. The van der Waals surface area contributed by atoms with E-state index in [1.54, 1.807) is 0 Å². The topological polar surface area (TPSA) is 43.4 Å². The number of hydrogen-bond acceptors (Lipinski definition) is 3. The van der Waals surface area contributed by atoms with E-state index < -0.39 is 28.4 Å². The first-order valence-corrected chi connectivity index (χ1v) is 4.17. The summed E-state index contributed by atoms with van der Waals surface area (Å²) in [6, 6.07) is 0. The first-order chi connectivity index (χ1) is 5.20. The van der Waals surface area contributed by atoms with Crippen molar-refractivity contribution < 1.29 is 30.2 Å². The molecule has 0 rings (SSSR count). The van der Waals surface area contributed by atoms with E-state index >= 15 is 0 Å². The molecule has 0 saturated carbocycles. The first kappa shape index (κ1) is 11.6. The third kappa shape index (κ3) is 2.94. The molecule has 0 amide bonds. The molecule has 0 saturated heterocycles. The van der Waals surface area contributed by atoms with E-state index in [9.17, 15) is 26.0 Å². The Balaban J connectivity index is 4.46. The molecule has 0 aromatic heterocycles. The van der Waals surface area contributed by atoms with Crippen LogP contribution < -0.4 is 0 Å². The van der Waals surface area contributed by atoms with Crippen LogP contribution >= 0.6 is 0 Å². The molecule has 3 nitrogen and oxygen atoms in total. The lowest BCUT2D eigenvalue weighted by Gasteiger charge is -2.10. The summed E-state index contributed by atoms with van der Waals surface area (Å²) < 4.78 is 69.7. The zero-order valence-corrected chi connectivity index (χ0v) is 6.75.